The van der Waals surface area contributed by atoms with Gasteiger partial charge in [0.05, 0.1) is 6.42 Å². The largest absolute Gasteiger partial charge is 0.461 e. The highest BCUT2D eigenvalue weighted by molar-refractivity contribution is 5.69. The number of ether oxygens (including phenoxy) is 1. The molecule has 0 radical (unpaired) electrons. The number of esters is 1. The lowest BCUT2D eigenvalue weighted by molar-refractivity contribution is -0.153. The average Bonchev–Trinajstić information content (AvgIpc) is 2.15. The molecule has 76 valence electrons. The number of rotatable bonds is 4. The van der Waals surface area contributed by atoms with Crippen molar-refractivity contribution in [2.75, 3.05) is 0 Å². The van der Waals surface area contributed by atoms with Gasteiger partial charge in [0, 0.05) is 0 Å². The summed E-state index contributed by atoms with van der Waals surface area (Å²) in [5, 5.41) is 16.9. The molecule has 2 N–H and O–H groups in total. The van der Waals surface area contributed by atoms with Gasteiger partial charge < -0.3 is 14.9 Å². The Kier molecular flexibility index (Phi) is 4.10. The fourth-order valence-corrected chi connectivity index (χ4v) is 0.946. The van der Waals surface area contributed by atoms with Gasteiger partial charge in [0.2, 0.25) is 0 Å². The van der Waals surface area contributed by atoms with Gasteiger partial charge in [-0.2, -0.15) is 0 Å². The van der Waals surface area contributed by atoms with Gasteiger partial charge in [-0.3, -0.25) is 4.79 Å². The first-order valence-corrected chi connectivity index (χ1v) is 4.24. The highest BCUT2D eigenvalue weighted by Crippen LogP contribution is 2.02. The van der Waals surface area contributed by atoms with Crippen molar-refractivity contribution in [3.63, 3.8) is 0 Å². The molecule has 0 aromatic heterocycles. The molecule has 14 heavy (non-hydrogen) atoms. The topological polar surface area (TPSA) is 66.8 Å². The molecule has 0 fully saturated rings. The standard InChI is InChI=1S/C10H12O4/c11-9(12)6-10(13)14-7-8-4-2-1-3-5-8/h1-5,9,11-12H,6-7H2. The molecule has 1 rings (SSSR count). The van der Waals surface area contributed by atoms with E-state index < -0.39 is 18.7 Å². The summed E-state index contributed by atoms with van der Waals surface area (Å²) in [5.74, 6) is -0.621. The monoisotopic (exact) mass is 196 g/mol. The lowest BCUT2D eigenvalue weighted by Gasteiger charge is -2.05. The van der Waals surface area contributed by atoms with Gasteiger partial charge in [-0.25, -0.2) is 0 Å². The van der Waals surface area contributed by atoms with E-state index in [1.165, 1.54) is 0 Å². The van der Waals surface area contributed by atoms with E-state index >= 15 is 0 Å². The molecule has 0 aliphatic rings. The van der Waals surface area contributed by atoms with Crippen molar-refractivity contribution in [1.29, 1.82) is 0 Å². The Labute approximate surface area is 81.8 Å². The van der Waals surface area contributed by atoms with Crippen LogP contribution in [0.4, 0.5) is 0 Å². The van der Waals surface area contributed by atoms with Crippen molar-refractivity contribution in [3.8, 4) is 0 Å². The molecule has 4 nitrogen and oxygen atoms in total. The maximum Gasteiger partial charge on any atom is 0.311 e. The predicted octanol–water partition coefficient (Wildman–Crippen LogP) is 0.431. The van der Waals surface area contributed by atoms with Gasteiger partial charge >= 0.3 is 5.97 Å². The van der Waals surface area contributed by atoms with Gasteiger partial charge in [0.15, 0.2) is 6.29 Å². The van der Waals surface area contributed by atoms with E-state index in [4.69, 9.17) is 14.9 Å². The van der Waals surface area contributed by atoms with Crippen LogP contribution in [0.2, 0.25) is 0 Å². The highest BCUT2D eigenvalue weighted by atomic mass is 16.5. The zero-order valence-electron chi connectivity index (χ0n) is 7.59. The Bertz CT molecular complexity index is 281. The van der Waals surface area contributed by atoms with Crippen molar-refractivity contribution in [1.82, 2.24) is 0 Å². The minimum absolute atomic E-state index is 0.159. The van der Waals surface area contributed by atoms with Crippen molar-refractivity contribution >= 4 is 5.97 Å². The van der Waals surface area contributed by atoms with E-state index in [2.05, 4.69) is 0 Å². The lowest BCUT2D eigenvalue weighted by atomic mass is 10.2. The number of aliphatic hydroxyl groups is 2. The molecule has 0 unspecified atom stereocenters. The van der Waals surface area contributed by atoms with E-state index in [-0.39, 0.29) is 6.61 Å². The van der Waals surface area contributed by atoms with Gasteiger partial charge in [0.1, 0.15) is 6.61 Å². The Morgan fingerprint density at radius 1 is 1.29 bits per heavy atom. The summed E-state index contributed by atoms with van der Waals surface area (Å²) in [5.41, 5.74) is 0.869. The van der Waals surface area contributed by atoms with Gasteiger partial charge in [0.25, 0.3) is 0 Å². The van der Waals surface area contributed by atoms with Gasteiger partial charge in [-0.1, -0.05) is 30.3 Å². The first kappa shape index (κ1) is 10.7. The van der Waals surface area contributed by atoms with E-state index in [9.17, 15) is 4.79 Å². The van der Waals surface area contributed by atoms with Gasteiger partial charge in [-0.15, -0.1) is 0 Å². The molecule has 1 aromatic rings. The van der Waals surface area contributed by atoms with Crippen LogP contribution in [-0.2, 0) is 16.1 Å². The number of aliphatic hydroxyl groups excluding tert-OH is 1. The Morgan fingerprint density at radius 2 is 1.93 bits per heavy atom. The molecule has 0 saturated heterocycles. The van der Waals surface area contributed by atoms with E-state index in [1.807, 2.05) is 30.3 Å². The molecular formula is C10H12O4. The molecule has 0 atom stereocenters. The Morgan fingerprint density at radius 3 is 2.50 bits per heavy atom. The molecule has 0 heterocycles. The SMILES string of the molecule is O=C(CC(O)O)OCc1ccccc1. The first-order valence-electron chi connectivity index (χ1n) is 4.24. The summed E-state index contributed by atoms with van der Waals surface area (Å²) >= 11 is 0. The number of carbonyl (C=O) groups excluding carboxylic acids is 1. The van der Waals surface area contributed by atoms with Crippen LogP contribution in [0.15, 0.2) is 30.3 Å². The zero-order chi connectivity index (χ0) is 10.4. The van der Waals surface area contributed by atoms with Crippen molar-refractivity contribution < 1.29 is 19.7 Å². The zero-order valence-corrected chi connectivity index (χ0v) is 7.59. The van der Waals surface area contributed by atoms with Crippen molar-refractivity contribution in [2.24, 2.45) is 0 Å². The third kappa shape index (κ3) is 4.02. The summed E-state index contributed by atoms with van der Waals surface area (Å²) in [4.78, 5) is 10.9. The summed E-state index contributed by atoms with van der Waals surface area (Å²) in [6, 6.07) is 9.18. The van der Waals surface area contributed by atoms with Crippen LogP contribution in [0, 0.1) is 0 Å². The molecular weight excluding hydrogens is 184 g/mol. The molecule has 4 heteroatoms. The van der Waals surface area contributed by atoms with E-state index in [0.717, 1.165) is 5.56 Å². The van der Waals surface area contributed by atoms with Crippen LogP contribution in [-0.4, -0.2) is 22.5 Å². The molecule has 0 spiro atoms. The maximum atomic E-state index is 10.9. The summed E-state index contributed by atoms with van der Waals surface area (Å²) in [7, 11) is 0. The lowest BCUT2D eigenvalue weighted by Crippen LogP contribution is -2.14. The molecule has 0 bridgehead atoms. The normalized spacial score (nSPS) is 10.2. The second-order valence-electron chi connectivity index (χ2n) is 2.83. The Hall–Kier alpha value is -1.39. The number of carbonyl (C=O) groups is 1. The predicted molar refractivity (Wildman–Crippen MR) is 49.1 cm³/mol. The molecule has 0 aliphatic carbocycles. The molecule has 0 aliphatic heterocycles. The summed E-state index contributed by atoms with van der Waals surface area (Å²) in [6.45, 7) is 0.159. The number of hydrogen-bond acceptors (Lipinski definition) is 4. The summed E-state index contributed by atoms with van der Waals surface area (Å²) < 4.78 is 4.78. The second kappa shape index (κ2) is 5.36. The van der Waals surface area contributed by atoms with E-state index in [0.29, 0.717) is 0 Å². The van der Waals surface area contributed by atoms with Crippen LogP contribution in [0.1, 0.15) is 12.0 Å². The van der Waals surface area contributed by atoms with E-state index in [1.54, 1.807) is 0 Å². The quantitative estimate of drug-likeness (QED) is 0.541. The molecule has 0 amide bonds. The van der Waals surface area contributed by atoms with Gasteiger partial charge in [-0.05, 0) is 5.56 Å². The minimum atomic E-state index is -1.64. The maximum absolute atomic E-state index is 10.9. The fraction of sp³-hybridized carbons (Fsp3) is 0.300. The minimum Gasteiger partial charge on any atom is -0.461 e. The second-order valence-corrected chi connectivity index (χ2v) is 2.83. The number of benzene rings is 1. The Balaban J connectivity index is 2.31. The summed E-state index contributed by atoms with van der Waals surface area (Å²) in [6.07, 6.45) is -2.04. The number of hydrogen-bond donors (Lipinski definition) is 2. The van der Waals surface area contributed by atoms with Crippen LogP contribution in [0.3, 0.4) is 0 Å². The molecule has 0 saturated carbocycles. The third-order valence-electron chi connectivity index (χ3n) is 1.59. The van der Waals surface area contributed by atoms with Crippen molar-refractivity contribution in [2.45, 2.75) is 19.3 Å². The van der Waals surface area contributed by atoms with Crippen molar-refractivity contribution in [3.05, 3.63) is 35.9 Å². The van der Waals surface area contributed by atoms with Crippen LogP contribution in [0.5, 0.6) is 0 Å². The smallest absolute Gasteiger partial charge is 0.311 e. The first-order chi connectivity index (χ1) is 6.68. The third-order valence-corrected chi connectivity index (χ3v) is 1.59. The van der Waals surface area contributed by atoms with Crippen LogP contribution in [0.25, 0.3) is 0 Å². The van der Waals surface area contributed by atoms with Crippen LogP contribution < -0.4 is 0 Å². The molecule has 1 aromatic carbocycles. The van der Waals surface area contributed by atoms with Crippen LogP contribution >= 0.6 is 0 Å². The average molecular weight is 196 g/mol. The fourth-order valence-electron chi connectivity index (χ4n) is 0.946. The highest BCUT2D eigenvalue weighted by Gasteiger charge is 2.08.